The van der Waals surface area contributed by atoms with Gasteiger partial charge in [0.2, 0.25) is 0 Å². The van der Waals surface area contributed by atoms with Crippen molar-refractivity contribution in [1.82, 2.24) is 29.6 Å². The highest BCUT2D eigenvalue weighted by Crippen LogP contribution is 2.40. The topological polar surface area (TPSA) is 98.2 Å². The number of benzene rings is 2. The third kappa shape index (κ3) is 3.98. The van der Waals surface area contributed by atoms with E-state index in [1.165, 1.54) is 6.07 Å². The molecule has 2 fully saturated rings. The highest BCUT2D eigenvalue weighted by Gasteiger charge is 2.45. The second-order valence-corrected chi connectivity index (χ2v) is 11.6. The lowest BCUT2D eigenvalue weighted by atomic mass is 9.95. The Morgan fingerprint density at radius 2 is 1.79 bits per heavy atom. The van der Waals surface area contributed by atoms with Gasteiger partial charge in [0.1, 0.15) is 35.3 Å². The maximum Gasteiger partial charge on any atom is 0.319 e. The van der Waals surface area contributed by atoms with Crippen LogP contribution in [0, 0.1) is 11.6 Å². The summed E-state index contributed by atoms with van der Waals surface area (Å²) >= 11 is 0. The average Bonchev–Trinajstić information content (AvgIpc) is 3.69. The van der Waals surface area contributed by atoms with Crippen molar-refractivity contribution in [1.29, 1.82) is 0 Å². The number of nitrogens with zero attached hydrogens (tertiary/aromatic N) is 7. The molecule has 8 rings (SSSR count). The van der Waals surface area contributed by atoms with Crippen molar-refractivity contribution in [2.45, 2.75) is 44.3 Å². The van der Waals surface area contributed by atoms with Crippen molar-refractivity contribution in [2.24, 2.45) is 0 Å². The van der Waals surface area contributed by atoms with Gasteiger partial charge in [-0.05, 0) is 50.2 Å². The van der Waals surface area contributed by atoms with Crippen molar-refractivity contribution in [2.75, 3.05) is 36.9 Å². The van der Waals surface area contributed by atoms with E-state index in [-0.39, 0.29) is 22.8 Å². The zero-order valence-electron chi connectivity index (χ0n) is 23.1. The SMILES string of the molecule is Nc1cc2n(n1)CCN(c1nc(OCC34CCCN3CCC4)nc3c(F)c(-c4cccc5cccc(F)c45)ncc13)C2. The summed E-state index contributed by atoms with van der Waals surface area (Å²) in [6.45, 7) is 4.29. The molecule has 0 radical (unpaired) electrons. The molecule has 0 aliphatic carbocycles. The van der Waals surface area contributed by atoms with E-state index in [9.17, 15) is 0 Å². The number of aromatic nitrogens is 5. The van der Waals surface area contributed by atoms with Crippen LogP contribution in [-0.2, 0) is 13.1 Å². The molecule has 3 aromatic heterocycles. The van der Waals surface area contributed by atoms with Gasteiger partial charge in [-0.2, -0.15) is 15.1 Å². The molecule has 0 atom stereocenters. The lowest BCUT2D eigenvalue weighted by molar-refractivity contribution is 0.108. The molecular formula is C31H30F2N8O. The summed E-state index contributed by atoms with van der Waals surface area (Å²) in [5, 5.41) is 5.81. The van der Waals surface area contributed by atoms with E-state index in [1.54, 1.807) is 36.5 Å². The lowest BCUT2D eigenvalue weighted by Gasteiger charge is -2.32. The fourth-order valence-electron chi connectivity index (χ4n) is 7.14. The summed E-state index contributed by atoms with van der Waals surface area (Å²) in [6.07, 6.45) is 6.01. The number of pyridine rings is 1. The van der Waals surface area contributed by atoms with Crippen LogP contribution in [0.5, 0.6) is 6.01 Å². The Bertz CT molecular complexity index is 1840. The van der Waals surface area contributed by atoms with Crippen LogP contribution in [0.25, 0.3) is 32.9 Å². The molecule has 0 spiro atoms. The van der Waals surface area contributed by atoms with Crippen molar-refractivity contribution >= 4 is 33.3 Å². The number of hydrogen-bond donors (Lipinski definition) is 1. The average molecular weight is 569 g/mol. The molecule has 0 unspecified atom stereocenters. The maximum atomic E-state index is 16.6. The van der Waals surface area contributed by atoms with E-state index in [0.29, 0.717) is 59.6 Å². The van der Waals surface area contributed by atoms with E-state index >= 15 is 8.78 Å². The van der Waals surface area contributed by atoms with E-state index in [0.717, 1.165) is 44.5 Å². The monoisotopic (exact) mass is 568 g/mol. The molecule has 2 saturated heterocycles. The minimum absolute atomic E-state index is 0.0178. The molecule has 6 heterocycles. The van der Waals surface area contributed by atoms with Gasteiger partial charge >= 0.3 is 6.01 Å². The van der Waals surface area contributed by atoms with E-state index in [2.05, 4.69) is 24.9 Å². The second kappa shape index (κ2) is 9.59. The summed E-state index contributed by atoms with van der Waals surface area (Å²) in [5.41, 5.74) is 7.38. The van der Waals surface area contributed by atoms with Crippen molar-refractivity contribution < 1.29 is 13.5 Å². The third-order valence-corrected chi connectivity index (χ3v) is 9.15. The smallest absolute Gasteiger partial charge is 0.319 e. The fraction of sp³-hybridized carbons (Fsp3) is 0.355. The van der Waals surface area contributed by atoms with Gasteiger partial charge in [-0.3, -0.25) is 14.6 Å². The standard InChI is InChI=1S/C31H30F2N8O/c32-23-8-2-6-19-5-1-7-21(25(19)23)27-26(33)28-22(16-35-27)29(39-13-14-41-20(17-39)15-24(34)38-41)37-30(36-28)42-18-31-9-3-11-40(31)12-4-10-31/h1-2,5-8,15-16H,3-4,9-14,17-18H2,(H2,34,38). The summed E-state index contributed by atoms with van der Waals surface area (Å²) in [7, 11) is 0. The Morgan fingerprint density at radius 3 is 2.62 bits per heavy atom. The van der Waals surface area contributed by atoms with E-state index in [1.807, 2.05) is 10.7 Å². The van der Waals surface area contributed by atoms with Gasteiger partial charge < -0.3 is 15.4 Å². The van der Waals surface area contributed by atoms with Crippen LogP contribution in [0.15, 0.2) is 48.7 Å². The number of nitrogen functional groups attached to an aromatic ring is 1. The molecule has 42 heavy (non-hydrogen) atoms. The largest absolute Gasteiger partial charge is 0.461 e. The van der Waals surface area contributed by atoms with Crippen LogP contribution in [-0.4, -0.2) is 61.4 Å². The molecule has 0 bridgehead atoms. The molecule has 11 heteroatoms. The minimum atomic E-state index is -0.635. The Morgan fingerprint density at radius 1 is 0.976 bits per heavy atom. The maximum absolute atomic E-state index is 16.6. The predicted molar refractivity (Wildman–Crippen MR) is 156 cm³/mol. The molecule has 9 nitrogen and oxygen atoms in total. The lowest BCUT2D eigenvalue weighted by Crippen LogP contribution is -2.43. The fourth-order valence-corrected chi connectivity index (χ4v) is 7.14. The van der Waals surface area contributed by atoms with Crippen LogP contribution in [0.3, 0.4) is 0 Å². The normalized spacial score (nSPS) is 18.1. The first-order valence-corrected chi connectivity index (χ1v) is 14.5. The number of fused-ring (bicyclic) bond motifs is 4. The van der Waals surface area contributed by atoms with Crippen LogP contribution in [0.2, 0.25) is 0 Å². The van der Waals surface area contributed by atoms with E-state index < -0.39 is 11.6 Å². The minimum Gasteiger partial charge on any atom is -0.461 e. The number of rotatable bonds is 5. The molecule has 3 aliphatic rings. The summed E-state index contributed by atoms with van der Waals surface area (Å²) in [4.78, 5) is 18.5. The summed E-state index contributed by atoms with van der Waals surface area (Å²) in [5.74, 6) is -0.0715. The highest BCUT2D eigenvalue weighted by atomic mass is 19.1. The number of ether oxygens (including phenoxy) is 1. The van der Waals surface area contributed by atoms with Gasteiger partial charge in [-0.15, -0.1) is 0 Å². The summed E-state index contributed by atoms with van der Waals surface area (Å²) in [6, 6.07) is 12.1. The molecule has 214 valence electrons. The quantitative estimate of drug-likeness (QED) is 0.319. The third-order valence-electron chi connectivity index (χ3n) is 9.15. The van der Waals surface area contributed by atoms with Crippen LogP contribution in [0.1, 0.15) is 31.4 Å². The van der Waals surface area contributed by atoms with Crippen LogP contribution < -0.4 is 15.4 Å². The van der Waals surface area contributed by atoms with Crippen molar-refractivity contribution in [3.05, 3.63) is 66.0 Å². The number of hydrogen-bond acceptors (Lipinski definition) is 8. The molecule has 2 aromatic carbocycles. The van der Waals surface area contributed by atoms with Gasteiger partial charge in [0.05, 0.1) is 29.7 Å². The van der Waals surface area contributed by atoms with Crippen LogP contribution in [0.4, 0.5) is 20.4 Å². The zero-order valence-corrected chi connectivity index (χ0v) is 23.1. The zero-order chi connectivity index (χ0) is 28.4. The van der Waals surface area contributed by atoms with Gasteiger partial charge in [-0.25, -0.2) is 8.78 Å². The van der Waals surface area contributed by atoms with Crippen molar-refractivity contribution in [3.8, 4) is 17.3 Å². The number of halogens is 2. The van der Waals surface area contributed by atoms with Gasteiger partial charge in [-0.1, -0.05) is 30.3 Å². The summed E-state index contributed by atoms with van der Waals surface area (Å²) < 4.78 is 39.8. The first-order chi connectivity index (χ1) is 20.5. The molecular weight excluding hydrogens is 538 g/mol. The Kier molecular flexibility index (Phi) is 5.78. The first-order valence-electron chi connectivity index (χ1n) is 14.5. The Balaban J connectivity index is 1.26. The second-order valence-electron chi connectivity index (χ2n) is 11.6. The van der Waals surface area contributed by atoms with Crippen LogP contribution >= 0.6 is 0 Å². The molecule has 5 aromatic rings. The van der Waals surface area contributed by atoms with Gasteiger partial charge in [0.25, 0.3) is 0 Å². The number of anilines is 2. The Labute approximate surface area is 240 Å². The van der Waals surface area contributed by atoms with Gasteiger partial charge in [0.15, 0.2) is 5.82 Å². The molecule has 2 N–H and O–H groups in total. The molecule has 3 aliphatic heterocycles. The number of nitrogens with two attached hydrogens (primary N) is 1. The highest BCUT2D eigenvalue weighted by molar-refractivity contribution is 5.99. The predicted octanol–water partition coefficient (Wildman–Crippen LogP) is 4.93. The van der Waals surface area contributed by atoms with Crippen molar-refractivity contribution in [3.63, 3.8) is 0 Å². The molecule has 0 amide bonds. The first kappa shape index (κ1) is 25.3. The van der Waals surface area contributed by atoms with E-state index in [4.69, 9.17) is 15.5 Å². The van der Waals surface area contributed by atoms with Gasteiger partial charge in [0, 0.05) is 29.8 Å². The Hall–Kier alpha value is -4.38. The molecule has 0 saturated carbocycles.